The van der Waals surface area contributed by atoms with Gasteiger partial charge in [-0.25, -0.2) is 14.8 Å². The van der Waals surface area contributed by atoms with Gasteiger partial charge in [-0.3, -0.25) is 14.7 Å². The molecule has 3 heterocycles. The van der Waals surface area contributed by atoms with Gasteiger partial charge in [0, 0.05) is 33.8 Å². The van der Waals surface area contributed by atoms with Gasteiger partial charge in [0.05, 0.1) is 23.6 Å². The number of imidazole rings is 1. The molecule has 3 aromatic heterocycles. The maximum absolute atomic E-state index is 13.4. The molecule has 0 spiro atoms. The van der Waals surface area contributed by atoms with Crippen LogP contribution in [0.25, 0.3) is 28.2 Å². The summed E-state index contributed by atoms with van der Waals surface area (Å²) in [6.45, 7) is 3.98. The quantitative estimate of drug-likeness (QED) is 0.253. The molecule has 1 amide bonds. The molecule has 0 saturated heterocycles. The third-order valence-corrected chi connectivity index (χ3v) is 6.33. The summed E-state index contributed by atoms with van der Waals surface area (Å²) < 4.78 is 3.01. The Labute approximate surface area is 231 Å². The Kier molecular flexibility index (Phi) is 7.13. The number of nitrogens with zero attached hydrogens (tertiary/aromatic N) is 7. The standard InChI is InChI=1S/C25H21Cl2N9O3/c1-13(2)24-30-18(17-9-15(26)5-8-19(17)36-12-28-33-34-36)10-21(37)35(24)11-20-31-22(23(27)32-20)14-3-6-16(7-4-14)29-25(38)39/h3-10,12-13,29H,11H2,1-2H3,(H,31,32)(H,38,39). The van der Waals surface area contributed by atoms with Gasteiger partial charge < -0.3 is 10.1 Å². The van der Waals surface area contributed by atoms with Crippen LogP contribution in [0.1, 0.15) is 31.4 Å². The molecule has 2 aromatic carbocycles. The molecule has 198 valence electrons. The predicted molar refractivity (Wildman–Crippen MR) is 146 cm³/mol. The number of carbonyl (C=O) groups is 1. The van der Waals surface area contributed by atoms with Crippen molar-refractivity contribution in [3.8, 4) is 28.2 Å². The predicted octanol–water partition coefficient (Wildman–Crippen LogP) is 4.84. The minimum Gasteiger partial charge on any atom is -0.465 e. The number of anilines is 1. The van der Waals surface area contributed by atoms with E-state index in [0.29, 0.717) is 50.6 Å². The van der Waals surface area contributed by atoms with Crippen LogP contribution in [-0.4, -0.2) is 50.9 Å². The van der Waals surface area contributed by atoms with E-state index in [1.807, 2.05) is 13.8 Å². The van der Waals surface area contributed by atoms with Crippen molar-refractivity contribution in [2.45, 2.75) is 26.3 Å². The van der Waals surface area contributed by atoms with Gasteiger partial charge in [0.25, 0.3) is 5.56 Å². The number of aromatic amines is 1. The van der Waals surface area contributed by atoms with Crippen molar-refractivity contribution in [1.82, 2.24) is 39.7 Å². The molecule has 0 atom stereocenters. The minimum atomic E-state index is -1.15. The SMILES string of the molecule is CC(C)c1nc(-c2cc(Cl)ccc2-n2cnnn2)cc(=O)n1Cc1nc(Cl)c(-c2ccc(NC(=O)O)cc2)[nH]1. The van der Waals surface area contributed by atoms with Crippen molar-refractivity contribution >= 4 is 35.0 Å². The summed E-state index contributed by atoms with van der Waals surface area (Å²) in [5.74, 6) is 0.893. The maximum atomic E-state index is 13.4. The van der Waals surface area contributed by atoms with Crippen molar-refractivity contribution in [2.75, 3.05) is 5.32 Å². The Morgan fingerprint density at radius 2 is 1.87 bits per heavy atom. The number of H-pyrrole nitrogens is 1. The van der Waals surface area contributed by atoms with E-state index in [0.717, 1.165) is 0 Å². The van der Waals surface area contributed by atoms with Gasteiger partial charge in [-0.05, 0) is 40.8 Å². The topological polar surface area (TPSA) is 156 Å². The maximum Gasteiger partial charge on any atom is 0.409 e. The van der Waals surface area contributed by atoms with E-state index in [9.17, 15) is 9.59 Å². The van der Waals surface area contributed by atoms with Crippen LogP contribution in [0.4, 0.5) is 10.5 Å². The normalized spacial score (nSPS) is 11.2. The van der Waals surface area contributed by atoms with E-state index >= 15 is 0 Å². The Balaban J connectivity index is 1.51. The Hall–Kier alpha value is -4.55. The van der Waals surface area contributed by atoms with Gasteiger partial charge in [0.1, 0.15) is 18.0 Å². The third kappa shape index (κ3) is 5.52. The molecule has 0 aliphatic heterocycles. The third-order valence-electron chi connectivity index (χ3n) is 5.83. The average molecular weight is 566 g/mol. The summed E-state index contributed by atoms with van der Waals surface area (Å²) in [7, 11) is 0. The van der Waals surface area contributed by atoms with Crippen LogP contribution in [0.5, 0.6) is 0 Å². The van der Waals surface area contributed by atoms with Crippen LogP contribution in [-0.2, 0) is 6.54 Å². The summed E-state index contributed by atoms with van der Waals surface area (Å²) >= 11 is 12.7. The second kappa shape index (κ2) is 10.7. The van der Waals surface area contributed by atoms with Crippen LogP contribution in [0.15, 0.2) is 59.7 Å². The van der Waals surface area contributed by atoms with Crippen LogP contribution in [0, 0.1) is 0 Å². The fraction of sp³-hybridized carbons (Fsp3) is 0.160. The molecular formula is C25H21Cl2N9O3. The van der Waals surface area contributed by atoms with Gasteiger partial charge in [0.2, 0.25) is 0 Å². The van der Waals surface area contributed by atoms with Crippen LogP contribution in [0.3, 0.4) is 0 Å². The number of aromatic nitrogens is 8. The molecule has 12 nitrogen and oxygen atoms in total. The fourth-order valence-electron chi connectivity index (χ4n) is 4.10. The lowest BCUT2D eigenvalue weighted by atomic mass is 10.1. The average Bonchev–Trinajstić information content (AvgIpc) is 3.55. The Morgan fingerprint density at radius 3 is 2.54 bits per heavy atom. The smallest absolute Gasteiger partial charge is 0.409 e. The molecule has 0 fully saturated rings. The monoisotopic (exact) mass is 565 g/mol. The highest BCUT2D eigenvalue weighted by Crippen LogP contribution is 2.30. The van der Waals surface area contributed by atoms with Gasteiger partial charge >= 0.3 is 6.09 Å². The van der Waals surface area contributed by atoms with Crippen molar-refractivity contribution in [1.29, 1.82) is 0 Å². The summed E-state index contributed by atoms with van der Waals surface area (Å²) in [6.07, 6.45) is 0.295. The number of benzene rings is 2. The van der Waals surface area contributed by atoms with E-state index in [4.69, 9.17) is 33.3 Å². The first-order valence-electron chi connectivity index (χ1n) is 11.7. The highest BCUT2D eigenvalue weighted by atomic mass is 35.5. The second-order valence-electron chi connectivity index (χ2n) is 8.85. The summed E-state index contributed by atoms with van der Waals surface area (Å²) in [5, 5.41) is 23.2. The molecule has 5 aromatic rings. The fourth-order valence-corrected chi connectivity index (χ4v) is 4.53. The Bertz CT molecular complexity index is 1710. The highest BCUT2D eigenvalue weighted by molar-refractivity contribution is 6.32. The highest BCUT2D eigenvalue weighted by Gasteiger charge is 2.19. The van der Waals surface area contributed by atoms with Crippen LogP contribution >= 0.6 is 23.2 Å². The first kappa shape index (κ1) is 26.1. The number of hydrogen-bond donors (Lipinski definition) is 3. The molecule has 14 heteroatoms. The molecule has 39 heavy (non-hydrogen) atoms. The molecule has 0 bridgehead atoms. The molecule has 0 aliphatic rings. The molecule has 0 aliphatic carbocycles. The summed E-state index contributed by atoms with van der Waals surface area (Å²) in [4.78, 5) is 36.7. The number of carboxylic acid groups (broad SMARTS) is 1. The largest absolute Gasteiger partial charge is 0.465 e. The minimum absolute atomic E-state index is 0.104. The van der Waals surface area contributed by atoms with Crippen molar-refractivity contribution in [3.05, 3.63) is 87.0 Å². The lowest BCUT2D eigenvalue weighted by Crippen LogP contribution is -2.26. The number of tetrazole rings is 1. The molecule has 5 rings (SSSR count). The van der Waals surface area contributed by atoms with Gasteiger partial charge in [0.15, 0.2) is 5.15 Å². The van der Waals surface area contributed by atoms with Crippen molar-refractivity contribution < 1.29 is 9.90 Å². The van der Waals surface area contributed by atoms with Gasteiger partial charge in [-0.2, -0.15) is 4.68 Å². The van der Waals surface area contributed by atoms with Gasteiger partial charge in [-0.1, -0.05) is 49.2 Å². The number of amides is 1. The van der Waals surface area contributed by atoms with E-state index in [1.165, 1.54) is 21.6 Å². The van der Waals surface area contributed by atoms with Crippen molar-refractivity contribution in [2.24, 2.45) is 0 Å². The first-order chi connectivity index (χ1) is 18.7. The van der Waals surface area contributed by atoms with Crippen LogP contribution in [0.2, 0.25) is 10.2 Å². The van der Waals surface area contributed by atoms with E-state index < -0.39 is 6.09 Å². The molecule has 3 N–H and O–H groups in total. The number of nitrogens with one attached hydrogen (secondary N) is 2. The Morgan fingerprint density at radius 1 is 1.10 bits per heavy atom. The van der Waals surface area contributed by atoms with E-state index in [1.54, 1.807) is 42.5 Å². The summed E-state index contributed by atoms with van der Waals surface area (Å²) in [5.41, 5.74) is 3.04. The zero-order valence-corrected chi connectivity index (χ0v) is 22.1. The molecule has 0 radical (unpaired) electrons. The zero-order valence-electron chi connectivity index (χ0n) is 20.6. The van der Waals surface area contributed by atoms with E-state index in [-0.39, 0.29) is 23.2 Å². The summed E-state index contributed by atoms with van der Waals surface area (Å²) in [6, 6.07) is 13.3. The lowest BCUT2D eigenvalue weighted by molar-refractivity contribution is 0.209. The number of hydrogen-bond acceptors (Lipinski definition) is 7. The van der Waals surface area contributed by atoms with Gasteiger partial charge in [-0.15, -0.1) is 5.10 Å². The lowest BCUT2D eigenvalue weighted by Gasteiger charge is -2.16. The second-order valence-corrected chi connectivity index (χ2v) is 9.65. The van der Waals surface area contributed by atoms with Crippen LogP contribution < -0.4 is 10.9 Å². The van der Waals surface area contributed by atoms with E-state index in [2.05, 4.69) is 30.8 Å². The van der Waals surface area contributed by atoms with Crippen molar-refractivity contribution in [3.63, 3.8) is 0 Å². The number of rotatable bonds is 7. The first-order valence-corrected chi connectivity index (χ1v) is 12.4. The molecule has 0 unspecified atom stereocenters. The molecule has 0 saturated carbocycles. The zero-order chi connectivity index (χ0) is 27.7. The number of halogens is 2. The molecular weight excluding hydrogens is 545 g/mol.